The maximum atomic E-state index is 14.8. The van der Waals surface area contributed by atoms with Crippen LogP contribution in [0.3, 0.4) is 0 Å². The number of benzene rings is 3. The fraction of sp³-hybridized carbons (Fsp3) is 0.286. The van der Waals surface area contributed by atoms with Gasteiger partial charge in [-0.05, 0) is 54.0 Å². The lowest BCUT2D eigenvalue weighted by atomic mass is 9.98. The van der Waals surface area contributed by atoms with E-state index in [-0.39, 0.29) is 35.6 Å². The van der Waals surface area contributed by atoms with Crippen LogP contribution in [0.4, 0.5) is 14.9 Å². The zero-order valence-corrected chi connectivity index (χ0v) is 19.1. The molecule has 1 fully saturated rings. The fourth-order valence-corrected chi connectivity index (χ4v) is 5.03. The molecule has 35 heavy (non-hydrogen) atoms. The van der Waals surface area contributed by atoms with Gasteiger partial charge in [-0.1, -0.05) is 55.0 Å². The van der Waals surface area contributed by atoms with Gasteiger partial charge in [0.25, 0.3) is 0 Å². The first-order valence-corrected chi connectivity index (χ1v) is 11.9. The lowest BCUT2D eigenvalue weighted by Crippen LogP contribution is -2.21. The van der Waals surface area contributed by atoms with Gasteiger partial charge in [0.1, 0.15) is 6.61 Å². The Morgan fingerprint density at radius 1 is 0.943 bits per heavy atom. The van der Waals surface area contributed by atoms with Gasteiger partial charge < -0.3 is 14.6 Å². The molecule has 0 bridgehead atoms. The second-order valence-corrected chi connectivity index (χ2v) is 8.96. The Bertz CT molecular complexity index is 1220. The topological polar surface area (TPSA) is 84.9 Å². The number of halogens is 1. The number of hydrogen-bond donors (Lipinski definition) is 2. The highest BCUT2D eigenvalue weighted by atomic mass is 19.1. The summed E-state index contributed by atoms with van der Waals surface area (Å²) < 4.78 is 26.0. The van der Waals surface area contributed by atoms with Crippen molar-refractivity contribution in [1.29, 1.82) is 0 Å². The molecule has 2 N–H and O–H groups in total. The number of anilines is 1. The van der Waals surface area contributed by atoms with E-state index in [0.717, 1.165) is 66.5 Å². The van der Waals surface area contributed by atoms with E-state index < -0.39 is 17.9 Å². The minimum atomic E-state index is -1.30. The third-order valence-electron chi connectivity index (χ3n) is 6.73. The van der Waals surface area contributed by atoms with Crippen molar-refractivity contribution in [3.8, 4) is 16.9 Å². The molecule has 0 heterocycles. The second kappa shape index (κ2) is 9.78. The van der Waals surface area contributed by atoms with Crippen molar-refractivity contribution < 1.29 is 28.6 Å². The number of aromatic carboxylic acids is 1. The molecule has 0 saturated heterocycles. The normalized spacial score (nSPS) is 15.2. The van der Waals surface area contributed by atoms with Crippen LogP contribution in [0.15, 0.2) is 60.7 Å². The molecule has 2 aliphatic rings. The van der Waals surface area contributed by atoms with Gasteiger partial charge in [-0.2, -0.15) is 0 Å². The number of carboxylic acid groups (broad SMARTS) is 1. The molecule has 0 atom stereocenters. The van der Waals surface area contributed by atoms with Crippen LogP contribution in [-0.2, 0) is 4.74 Å². The van der Waals surface area contributed by atoms with E-state index in [0.29, 0.717) is 0 Å². The predicted molar refractivity (Wildman–Crippen MR) is 130 cm³/mol. The van der Waals surface area contributed by atoms with Gasteiger partial charge in [0, 0.05) is 12.0 Å². The van der Waals surface area contributed by atoms with Crippen LogP contribution in [0, 0.1) is 5.82 Å². The van der Waals surface area contributed by atoms with Gasteiger partial charge in [-0.3, -0.25) is 5.32 Å². The van der Waals surface area contributed by atoms with Crippen molar-refractivity contribution in [2.24, 2.45) is 0 Å². The summed E-state index contributed by atoms with van der Waals surface area (Å²) in [5, 5.41) is 12.0. The van der Waals surface area contributed by atoms with Crippen molar-refractivity contribution in [2.75, 3.05) is 11.9 Å². The highest BCUT2D eigenvalue weighted by molar-refractivity contribution is 5.99. The zero-order chi connectivity index (χ0) is 24.4. The summed E-state index contributed by atoms with van der Waals surface area (Å²) >= 11 is 0. The number of ether oxygens (including phenoxy) is 2. The molecule has 0 unspecified atom stereocenters. The van der Waals surface area contributed by atoms with Crippen molar-refractivity contribution >= 4 is 17.7 Å². The number of carbonyl (C=O) groups excluding carboxylic acids is 1. The maximum absolute atomic E-state index is 14.8. The first-order valence-electron chi connectivity index (χ1n) is 11.9. The standard InChI is InChI=1S/C28H26FNO5/c29-24-15-25(22(27(31)32)14-26(24)35-17-8-2-1-3-9-17)30-28(33)34-16-23-20-12-6-4-10-18(20)19-11-5-7-13-21(19)23/h4-7,10-15,17,23H,1-3,8-9,16H2,(H,30,33)(H,31,32). The van der Waals surface area contributed by atoms with E-state index in [2.05, 4.69) is 5.32 Å². The Labute approximate surface area is 202 Å². The smallest absolute Gasteiger partial charge is 0.411 e. The molecule has 2 aliphatic carbocycles. The minimum absolute atomic E-state index is 0.0631. The van der Waals surface area contributed by atoms with E-state index in [1.165, 1.54) is 0 Å². The van der Waals surface area contributed by atoms with Crippen molar-refractivity contribution in [2.45, 2.75) is 44.1 Å². The van der Waals surface area contributed by atoms with Crippen LogP contribution in [-0.4, -0.2) is 29.9 Å². The minimum Gasteiger partial charge on any atom is -0.487 e. The monoisotopic (exact) mass is 475 g/mol. The van der Waals surface area contributed by atoms with Gasteiger partial charge in [-0.15, -0.1) is 0 Å². The lowest BCUT2D eigenvalue weighted by Gasteiger charge is -2.23. The van der Waals surface area contributed by atoms with E-state index in [4.69, 9.17) is 9.47 Å². The Morgan fingerprint density at radius 3 is 2.20 bits per heavy atom. The summed E-state index contributed by atoms with van der Waals surface area (Å²) in [5.41, 5.74) is 3.88. The molecular formula is C28H26FNO5. The average molecular weight is 476 g/mol. The number of carbonyl (C=O) groups is 2. The van der Waals surface area contributed by atoms with E-state index in [9.17, 15) is 19.1 Å². The molecule has 3 aromatic rings. The summed E-state index contributed by atoms with van der Waals surface area (Å²) in [6.45, 7) is 0.0631. The highest BCUT2D eigenvalue weighted by Crippen LogP contribution is 2.44. The number of nitrogens with one attached hydrogen (secondary N) is 1. The maximum Gasteiger partial charge on any atom is 0.411 e. The first-order chi connectivity index (χ1) is 17.0. The molecule has 0 aliphatic heterocycles. The van der Waals surface area contributed by atoms with Crippen molar-refractivity contribution in [1.82, 2.24) is 0 Å². The Kier molecular flexibility index (Phi) is 6.40. The summed E-state index contributed by atoms with van der Waals surface area (Å²) in [6, 6.07) is 18.0. The predicted octanol–water partition coefficient (Wildman–Crippen LogP) is 6.60. The third-order valence-corrected chi connectivity index (χ3v) is 6.73. The number of hydrogen-bond acceptors (Lipinski definition) is 4. The molecule has 3 aromatic carbocycles. The molecule has 6 nitrogen and oxygen atoms in total. The van der Waals surface area contributed by atoms with Gasteiger partial charge in [0.05, 0.1) is 17.4 Å². The SMILES string of the molecule is O=C(Nc1cc(F)c(OC2CCCCC2)cc1C(=O)O)OCC1c2ccccc2-c2ccccc21. The number of amides is 1. The molecule has 1 saturated carbocycles. The van der Waals surface area contributed by atoms with Gasteiger partial charge in [0.2, 0.25) is 0 Å². The molecule has 0 spiro atoms. The number of rotatable bonds is 6. The lowest BCUT2D eigenvalue weighted by molar-refractivity contribution is 0.0696. The van der Waals surface area contributed by atoms with Crippen molar-refractivity contribution in [3.05, 3.63) is 83.2 Å². The zero-order valence-electron chi connectivity index (χ0n) is 19.1. The molecule has 5 rings (SSSR count). The third kappa shape index (κ3) is 4.71. The van der Waals surface area contributed by atoms with E-state index in [1.54, 1.807) is 0 Å². The van der Waals surface area contributed by atoms with Crippen LogP contribution in [0.2, 0.25) is 0 Å². The summed E-state index contributed by atoms with van der Waals surface area (Å²) in [5.74, 6) is -2.29. The van der Waals surface area contributed by atoms with Gasteiger partial charge >= 0.3 is 12.1 Å². The quantitative estimate of drug-likeness (QED) is 0.420. The molecule has 7 heteroatoms. The Balaban J connectivity index is 1.30. The largest absolute Gasteiger partial charge is 0.487 e. The van der Waals surface area contributed by atoms with Crippen LogP contribution in [0.25, 0.3) is 11.1 Å². The summed E-state index contributed by atoms with van der Waals surface area (Å²) in [6.07, 6.45) is 3.74. The van der Waals surface area contributed by atoms with Crippen molar-refractivity contribution in [3.63, 3.8) is 0 Å². The molecule has 0 radical (unpaired) electrons. The molecule has 180 valence electrons. The highest BCUT2D eigenvalue weighted by Gasteiger charge is 2.29. The van der Waals surface area contributed by atoms with E-state index in [1.807, 2.05) is 48.5 Å². The summed E-state index contributed by atoms with van der Waals surface area (Å²) in [4.78, 5) is 24.4. The van der Waals surface area contributed by atoms with Crippen LogP contribution < -0.4 is 10.1 Å². The summed E-state index contributed by atoms with van der Waals surface area (Å²) in [7, 11) is 0. The average Bonchev–Trinajstić information content (AvgIpc) is 3.18. The number of carboxylic acids is 1. The van der Waals surface area contributed by atoms with E-state index >= 15 is 0 Å². The van der Waals surface area contributed by atoms with Gasteiger partial charge in [0.15, 0.2) is 11.6 Å². The molecular weight excluding hydrogens is 449 g/mol. The Morgan fingerprint density at radius 2 is 1.57 bits per heavy atom. The fourth-order valence-electron chi connectivity index (χ4n) is 5.03. The second-order valence-electron chi connectivity index (χ2n) is 8.96. The van der Waals surface area contributed by atoms with Crippen LogP contribution in [0.1, 0.15) is 59.5 Å². The van der Waals surface area contributed by atoms with Crippen LogP contribution >= 0.6 is 0 Å². The molecule has 1 amide bonds. The Hall–Kier alpha value is -3.87. The van der Waals surface area contributed by atoms with Gasteiger partial charge in [-0.25, -0.2) is 14.0 Å². The molecule has 0 aromatic heterocycles. The number of fused-ring (bicyclic) bond motifs is 3. The van der Waals surface area contributed by atoms with Crippen LogP contribution in [0.5, 0.6) is 5.75 Å². The first kappa shape index (κ1) is 22.9.